The third-order valence-electron chi connectivity index (χ3n) is 5.79. The van der Waals surface area contributed by atoms with E-state index in [0.717, 1.165) is 30.8 Å². The fourth-order valence-corrected chi connectivity index (χ4v) is 4.57. The number of carbonyl (C=O) groups excluding carboxylic acids is 1. The number of anilines is 1. The zero-order valence-electron chi connectivity index (χ0n) is 15.4. The molecule has 3 aromatic rings. The Hall–Kier alpha value is -2.72. The second kappa shape index (κ2) is 7.02. The zero-order chi connectivity index (χ0) is 19.1. The van der Waals surface area contributed by atoms with E-state index in [4.69, 9.17) is 16.6 Å². The molecule has 0 amide bonds. The predicted molar refractivity (Wildman–Crippen MR) is 110 cm³/mol. The van der Waals surface area contributed by atoms with Crippen LogP contribution < -0.4 is 4.90 Å². The first-order chi connectivity index (χ1) is 13.7. The fourth-order valence-electron chi connectivity index (χ4n) is 4.28. The van der Waals surface area contributed by atoms with Crippen molar-refractivity contribution in [3.8, 4) is 0 Å². The van der Waals surface area contributed by atoms with Gasteiger partial charge in [-0.25, -0.2) is 9.97 Å². The van der Waals surface area contributed by atoms with E-state index in [1.165, 1.54) is 11.1 Å². The number of fused-ring (bicyclic) bond motifs is 2. The zero-order valence-corrected chi connectivity index (χ0v) is 16.2. The van der Waals surface area contributed by atoms with Crippen LogP contribution >= 0.6 is 11.6 Å². The average molecular weight is 390 g/mol. The standard InChI is InChI=1S/C23H20ClN3O/c24-20-8-4-3-7-18(20)17-11-21-19(22(28)12-17)13-25-23(26-21)27-10-9-15-5-1-2-6-16(15)14-27/h1-8,13,17H,9-12,14H2/t17-/m0/s1. The fraction of sp³-hybridized carbons (Fsp3) is 0.261. The first-order valence-corrected chi connectivity index (χ1v) is 10.0. The van der Waals surface area contributed by atoms with E-state index in [2.05, 4.69) is 34.1 Å². The van der Waals surface area contributed by atoms with Gasteiger partial charge >= 0.3 is 0 Å². The number of benzene rings is 2. The molecular formula is C23H20ClN3O. The molecule has 1 aliphatic heterocycles. The van der Waals surface area contributed by atoms with E-state index < -0.39 is 0 Å². The normalized spacial score (nSPS) is 18.5. The van der Waals surface area contributed by atoms with E-state index in [1.807, 2.05) is 24.3 Å². The Labute approximate surface area is 169 Å². The number of Topliss-reactive ketones (excluding diaryl/α,β-unsaturated/α-hetero) is 1. The van der Waals surface area contributed by atoms with Gasteiger partial charge in [-0.3, -0.25) is 4.79 Å². The summed E-state index contributed by atoms with van der Waals surface area (Å²) in [5.74, 6) is 0.876. The summed E-state index contributed by atoms with van der Waals surface area (Å²) in [4.78, 5) is 24.2. The summed E-state index contributed by atoms with van der Waals surface area (Å²) in [5, 5.41) is 0.714. The summed E-state index contributed by atoms with van der Waals surface area (Å²) >= 11 is 6.38. The SMILES string of the molecule is O=C1C[C@@H](c2ccccc2Cl)Cc2nc(N3CCc4ccccc4C3)ncc21. The van der Waals surface area contributed by atoms with Gasteiger partial charge in [0.25, 0.3) is 0 Å². The van der Waals surface area contributed by atoms with E-state index in [1.54, 1.807) is 6.20 Å². The van der Waals surface area contributed by atoms with E-state index in [-0.39, 0.29) is 11.7 Å². The molecule has 4 nitrogen and oxygen atoms in total. The molecule has 1 aromatic heterocycles. The first kappa shape index (κ1) is 17.4. The summed E-state index contributed by atoms with van der Waals surface area (Å²) in [6.45, 7) is 1.69. The molecule has 0 radical (unpaired) electrons. The third-order valence-corrected chi connectivity index (χ3v) is 6.13. The van der Waals surface area contributed by atoms with Crippen LogP contribution in [0, 0.1) is 0 Å². The lowest BCUT2D eigenvalue weighted by molar-refractivity contribution is 0.0962. The molecule has 0 fully saturated rings. The number of aromatic nitrogens is 2. The highest BCUT2D eigenvalue weighted by Crippen LogP contribution is 2.35. The summed E-state index contributed by atoms with van der Waals surface area (Å²) in [5.41, 5.74) is 5.23. The molecule has 0 bridgehead atoms. The van der Waals surface area contributed by atoms with Gasteiger partial charge in [-0.1, -0.05) is 54.1 Å². The van der Waals surface area contributed by atoms with Gasteiger partial charge in [0.15, 0.2) is 5.78 Å². The molecule has 2 heterocycles. The topological polar surface area (TPSA) is 46.1 Å². The maximum Gasteiger partial charge on any atom is 0.225 e. The van der Waals surface area contributed by atoms with Crippen LogP contribution in [0.1, 0.15) is 45.1 Å². The molecule has 1 atom stereocenters. The Morgan fingerprint density at radius 3 is 2.64 bits per heavy atom. The van der Waals surface area contributed by atoms with E-state index >= 15 is 0 Å². The molecule has 0 saturated carbocycles. The van der Waals surface area contributed by atoms with Crippen molar-refractivity contribution in [2.75, 3.05) is 11.4 Å². The predicted octanol–water partition coefficient (Wildman–Crippen LogP) is 4.61. The molecule has 28 heavy (non-hydrogen) atoms. The minimum absolute atomic E-state index is 0.0681. The smallest absolute Gasteiger partial charge is 0.225 e. The van der Waals surface area contributed by atoms with Crippen molar-refractivity contribution in [2.45, 2.75) is 31.7 Å². The molecule has 0 N–H and O–H groups in total. The Kier molecular flexibility index (Phi) is 4.36. The lowest BCUT2D eigenvalue weighted by Gasteiger charge is -2.30. The van der Waals surface area contributed by atoms with E-state index in [0.29, 0.717) is 29.4 Å². The second-order valence-electron chi connectivity index (χ2n) is 7.52. The van der Waals surface area contributed by atoms with E-state index in [9.17, 15) is 4.79 Å². The minimum Gasteiger partial charge on any atom is -0.336 e. The van der Waals surface area contributed by atoms with Crippen LogP contribution in [0.4, 0.5) is 5.95 Å². The average Bonchev–Trinajstić information content (AvgIpc) is 2.73. The lowest BCUT2D eigenvalue weighted by atomic mass is 9.82. The molecule has 5 rings (SSSR count). The number of rotatable bonds is 2. The van der Waals surface area contributed by atoms with Crippen molar-refractivity contribution in [2.24, 2.45) is 0 Å². The van der Waals surface area contributed by atoms with Gasteiger partial charge in [0.2, 0.25) is 5.95 Å². The highest BCUT2D eigenvalue weighted by molar-refractivity contribution is 6.31. The molecule has 0 spiro atoms. The van der Waals surface area contributed by atoms with Crippen LogP contribution in [0.5, 0.6) is 0 Å². The second-order valence-corrected chi connectivity index (χ2v) is 7.93. The summed E-state index contributed by atoms with van der Waals surface area (Å²) in [6, 6.07) is 16.3. The quantitative estimate of drug-likeness (QED) is 0.642. The maximum absolute atomic E-state index is 12.7. The largest absolute Gasteiger partial charge is 0.336 e. The number of hydrogen-bond donors (Lipinski definition) is 0. The van der Waals surface area contributed by atoms with Crippen LogP contribution in [0.25, 0.3) is 0 Å². The molecule has 0 unspecified atom stereocenters. The van der Waals surface area contributed by atoms with Crippen molar-refractivity contribution >= 4 is 23.3 Å². The van der Waals surface area contributed by atoms with Gasteiger partial charge in [0, 0.05) is 30.7 Å². The number of halogens is 1. The molecule has 1 aliphatic carbocycles. The highest BCUT2D eigenvalue weighted by Gasteiger charge is 2.30. The molecule has 2 aliphatic rings. The number of ketones is 1. The van der Waals surface area contributed by atoms with Crippen LogP contribution in [0.2, 0.25) is 5.02 Å². The Morgan fingerprint density at radius 1 is 1.00 bits per heavy atom. The minimum atomic E-state index is 0.0681. The number of nitrogens with zero attached hydrogens (tertiary/aromatic N) is 3. The Balaban J connectivity index is 1.45. The van der Waals surface area contributed by atoms with Gasteiger partial charge in [0.1, 0.15) is 0 Å². The van der Waals surface area contributed by atoms with Gasteiger partial charge in [-0.05, 0) is 41.5 Å². The van der Waals surface area contributed by atoms with Crippen molar-refractivity contribution in [1.82, 2.24) is 9.97 Å². The molecule has 140 valence electrons. The number of carbonyl (C=O) groups is 1. The third kappa shape index (κ3) is 3.08. The van der Waals surface area contributed by atoms with Crippen molar-refractivity contribution < 1.29 is 4.79 Å². The van der Waals surface area contributed by atoms with Gasteiger partial charge < -0.3 is 4.90 Å². The Morgan fingerprint density at radius 2 is 1.79 bits per heavy atom. The molecule has 0 saturated heterocycles. The van der Waals surface area contributed by atoms with Gasteiger partial charge in [-0.15, -0.1) is 0 Å². The van der Waals surface area contributed by atoms with Crippen LogP contribution in [0.3, 0.4) is 0 Å². The summed E-state index contributed by atoms with van der Waals surface area (Å²) in [7, 11) is 0. The Bertz CT molecular complexity index is 1070. The maximum atomic E-state index is 12.7. The highest BCUT2D eigenvalue weighted by atomic mass is 35.5. The monoisotopic (exact) mass is 389 g/mol. The number of hydrogen-bond acceptors (Lipinski definition) is 4. The van der Waals surface area contributed by atoms with Crippen molar-refractivity contribution in [3.05, 3.63) is 87.7 Å². The summed E-state index contributed by atoms with van der Waals surface area (Å²) < 4.78 is 0. The van der Waals surface area contributed by atoms with Crippen molar-refractivity contribution in [3.63, 3.8) is 0 Å². The first-order valence-electron chi connectivity index (χ1n) is 9.64. The molecule has 5 heteroatoms. The molecule has 2 aromatic carbocycles. The van der Waals surface area contributed by atoms with Crippen LogP contribution in [-0.4, -0.2) is 22.3 Å². The van der Waals surface area contributed by atoms with Crippen LogP contribution in [0.15, 0.2) is 54.7 Å². The van der Waals surface area contributed by atoms with Gasteiger partial charge in [-0.2, -0.15) is 0 Å². The molecular weight excluding hydrogens is 370 g/mol. The lowest BCUT2D eigenvalue weighted by Crippen LogP contribution is -2.32. The van der Waals surface area contributed by atoms with Crippen LogP contribution in [-0.2, 0) is 19.4 Å². The summed E-state index contributed by atoms with van der Waals surface area (Å²) in [6.07, 6.45) is 3.86. The van der Waals surface area contributed by atoms with Crippen molar-refractivity contribution in [1.29, 1.82) is 0 Å². The van der Waals surface area contributed by atoms with Gasteiger partial charge in [0.05, 0.1) is 11.3 Å².